The average Bonchev–Trinajstić information content (AvgIpc) is 2.32. The topological polar surface area (TPSA) is 20.3 Å². The normalized spacial score (nSPS) is 24.8. The summed E-state index contributed by atoms with van der Waals surface area (Å²) in [5, 5.41) is 0. The number of benzene rings is 1. The van der Waals surface area contributed by atoms with Crippen LogP contribution in [0.15, 0.2) is 18.2 Å². The number of aryl methyl sites for hydroxylation is 1. The first-order valence-electron chi connectivity index (χ1n) is 6.46. The summed E-state index contributed by atoms with van der Waals surface area (Å²) in [6.07, 6.45) is 3.52. The molecule has 1 heterocycles. The molecule has 0 aromatic heterocycles. The molecule has 1 aliphatic heterocycles. The van der Waals surface area contributed by atoms with Crippen LogP contribution < -0.4 is 4.90 Å². The smallest absolute Gasteiger partial charge is 0.150 e. The van der Waals surface area contributed by atoms with Crippen LogP contribution in [-0.2, 0) is 0 Å². The molecule has 2 unspecified atom stereocenters. The second-order valence-corrected chi connectivity index (χ2v) is 5.21. The van der Waals surface area contributed by atoms with Gasteiger partial charge in [-0.05, 0) is 56.4 Å². The van der Waals surface area contributed by atoms with Gasteiger partial charge in [0.2, 0.25) is 0 Å². The molecule has 2 atom stereocenters. The third-order valence-electron chi connectivity index (χ3n) is 4.09. The van der Waals surface area contributed by atoms with Crippen LogP contribution in [0.2, 0.25) is 0 Å². The molecule has 0 bridgehead atoms. The Balaban J connectivity index is 2.27. The van der Waals surface area contributed by atoms with Crippen molar-refractivity contribution in [3.63, 3.8) is 0 Å². The first-order chi connectivity index (χ1) is 8.13. The molecule has 17 heavy (non-hydrogen) atoms. The van der Waals surface area contributed by atoms with Crippen LogP contribution in [0.3, 0.4) is 0 Å². The van der Waals surface area contributed by atoms with Gasteiger partial charge in [-0.1, -0.05) is 6.92 Å². The minimum Gasteiger partial charge on any atom is -0.369 e. The van der Waals surface area contributed by atoms with Crippen molar-refractivity contribution in [1.82, 2.24) is 0 Å². The predicted molar refractivity (Wildman–Crippen MR) is 71.8 cm³/mol. The van der Waals surface area contributed by atoms with E-state index >= 15 is 0 Å². The highest BCUT2D eigenvalue weighted by molar-refractivity contribution is 5.78. The van der Waals surface area contributed by atoms with Crippen molar-refractivity contribution in [3.8, 4) is 0 Å². The van der Waals surface area contributed by atoms with Gasteiger partial charge in [0.25, 0.3) is 0 Å². The molecule has 1 aromatic carbocycles. The molecule has 2 nitrogen and oxygen atoms in total. The van der Waals surface area contributed by atoms with Gasteiger partial charge in [0.05, 0.1) is 0 Å². The van der Waals surface area contributed by atoms with Gasteiger partial charge in [-0.3, -0.25) is 4.79 Å². The van der Waals surface area contributed by atoms with E-state index in [-0.39, 0.29) is 0 Å². The number of nitrogens with zero attached hydrogens (tertiary/aromatic N) is 1. The lowest BCUT2D eigenvalue weighted by atomic mass is 9.91. The van der Waals surface area contributed by atoms with Crippen LogP contribution in [0.4, 0.5) is 5.69 Å². The molecule has 0 amide bonds. The summed E-state index contributed by atoms with van der Waals surface area (Å²) in [7, 11) is 0. The van der Waals surface area contributed by atoms with E-state index in [1.165, 1.54) is 18.5 Å². The number of rotatable bonds is 2. The SMILES string of the molecule is Cc1cc(N2CCCC(C)C2C)ccc1C=O. The van der Waals surface area contributed by atoms with E-state index in [4.69, 9.17) is 0 Å². The molecule has 0 spiro atoms. The minimum atomic E-state index is 0.588. The van der Waals surface area contributed by atoms with E-state index in [1.807, 2.05) is 13.0 Å². The second kappa shape index (κ2) is 4.91. The second-order valence-electron chi connectivity index (χ2n) is 5.21. The summed E-state index contributed by atoms with van der Waals surface area (Å²) >= 11 is 0. The summed E-state index contributed by atoms with van der Waals surface area (Å²) in [6, 6.07) is 6.73. The number of anilines is 1. The Morgan fingerprint density at radius 1 is 1.35 bits per heavy atom. The minimum absolute atomic E-state index is 0.588. The fourth-order valence-corrected chi connectivity index (χ4v) is 2.67. The van der Waals surface area contributed by atoms with Gasteiger partial charge in [-0.2, -0.15) is 0 Å². The van der Waals surface area contributed by atoms with Crippen LogP contribution in [0.25, 0.3) is 0 Å². The number of carbonyl (C=O) groups excluding carboxylic acids is 1. The van der Waals surface area contributed by atoms with Crippen LogP contribution in [-0.4, -0.2) is 18.9 Å². The lowest BCUT2D eigenvalue weighted by Gasteiger charge is -2.39. The molecule has 1 saturated heterocycles. The molecule has 0 radical (unpaired) electrons. The maximum Gasteiger partial charge on any atom is 0.150 e. The van der Waals surface area contributed by atoms with Crippen molar-refractivity contribution in [2.24, 2.45) is 5.92 Å². The van der Waals surface area contributed by atoms with E-state index in [0.717, 1.165) is 29.9 Å². The summed E-state index contributed by atoms with van der Waals surface area (Å²) < 4.78 is 0. The van der Waals surface area contributed by atoms with Gasteiger partial charge in [0.15, 0.2) is 0 Å². The third kappa shape index (κ3) is 2.36. The molecule has 1 fully saturated rings. The molecule has 1 aliphatic rings. The highest BCUT2D eigenvalue weighted by atomic mass is 16.1. The van der Waals surface area contributed by atoms with E-state index in [2.05, 4.69) is 30.9 Å². The maximum atomic E-state index is 10.8. The van der Waals surface area contributed by atoms with Crippen LogP contribution in [0.5, 0.6) is 0 Å². The molecular weight excluding hydrogens is 210 g/mol. The van der Waals surface area contributed by atoms with Gasteiger partial charge in [0.1, 0.15) is 6.29 Å². The van der Waals surface area contributed by atoms with Gasteiger partial charge >= 0.3 is 0 Å². The van der Waals surface area contributed by atoms with Gasteiger partial charge < -0.3 is 4.90 Å². The van der Waals surface area contributed by atoms with Crippen molar-refractivity contribution < 1.29 is 4.79 Å². The fourth-order valence-electron chi connectivity index (χ4n) is 2.67. The number of piperidine rings is 1. The van der Waals surface area contributed by atoms with Gasteiger partial charge in [0, 0.05) is 23.8 Å². The van der Waals surface area contributed by atoms with Gasteiger partial charge in [-0.25, -0.2) is 0 Å². The standard InChI is InChI=1S/C15H21NO/c1-11-5-4-8-16(13(11)3)15-7-6-14(10-17)12(2)9-15/h6-7,9-11,13H,4-5,8H2,1-3H3. The molecule has 2 rings (SSSR count). The largest absolute Gasteiger partial charge is 0.369 e. The van der Waals surface area contributed by atoms with Crippen molar-refractivity contribution >= 4 is 12.0 Å². The van der Waals surface area contributed by atoms with Crippen LogP contribution in [0.1, 0.15) is 42.6 Å². The quantitative estimate of drug-likeness (QED) is 0.727. The van der Waals surface area contributed by atoms with Crippen LogP contribution in [0, 0.1) is 12.8 Å². The number of aldehydes is 1. The zero-order chi connectivity index (χ0) is 12.4. The third-order valence-corrected chi connectivity index (χ3v) is 4.09. The maximum absolute atomic E-state index is 10.8. The summed E-state index contributed by atoms with van der Waals surface area (Å²) in [5.74, 6) is 0.745. The highest BCUT2D eigenvalue weighted by Crippen LogP contribution is 2.29. The lowest BCUT2D eigenvalue weighted by molar-refractivity contribution is 0.112. The van der Waals surface area contributed by atoms with Crippen molar-refractivity contribution in [1.29, 1.82) is 0 Å². The Morgan fingerprint density at radius 2 is 2.12 bits per heavy atom. The Hall–Kier alpha value is -1.31. The molecule has 2 heteroatoms. The predicted octanol–water partition coefficient (Wildman–Crippen LogP) is 3.43. The Bertz CT molecular complexity index is 413. The monoisotopic (exact) mass is 231 g/mol. The van der Waals surface area contributed by atoms with Crippen molar-refractivity contribution in [3.05, 3.63) is 29.3 Å². The lowest BCUT2D eigenvalue weighted by Crippen LogP contribution is -2.42. The van der Waals surface area contributed by atoms with Crippen molar-refractivity contribution in [2.75, 3.05) is 11.4 Å². The molecule has 92 valence electrons. The fraction of sp³-hybridized carbons (Fsp3) is 0.533. The molecule has 0 aliphatic carbocycles. The van der Waals surface area contributed by atoms with E-state index in [9.17, 15) is 4.79 Å². The van der Waals surface area contributed by atoms with Crippen molar-refractivity contribution in [2.45, 2.75) is 39.7 Å². The zero-order valence-corrected chi connectivity index (χ0v) is 10.9. The molecule has 0 N–H and O–H groups in total. The van der Waals surface area contributed by atoms with E-state index < -0.39 is 0 Å². The van der Waals surface area contributed by atoms with E-state index in [1.54, 1.807) is 0 Å². The molecule has 1 aromatic rings. The number of hydrogen-bond acceptors (Lipinski definition) is 2. The summed E-state index contributed by atoms with van der Waals surface area (Å²) in [5.41, 5.74) is 3.13. The molecule has 0 saturated carbocycles. The van der Waals surface area contributed by atoms with Gasteiger partial charge in [-0.15, -0.1) is 0 Å². The summed E-state index contributed by atoms with van der Waals surface area (Å²) in [4.78, 5) is 13.3. The van der Waals surface area contributed by atoms with Crippen LogP contribution >= 0.6 is 0 Å². The average molecular weight is 231 g/mol. The summed E-state index contributed by atoms with van der Waals surface area (Å²) in [6.45, 7) is 7.76. The number of carbonyl (C=O) groups is 1. The Labute approximate surface area is 104 Å². The highest BCUT2D eigenvalue weighted by Gasteiger charge is 2.24. The Kier molecular flexibility index (Phi) is 3.51. The van der Waals surface area contributed by atoms with E-state index in [0.29, 0.717) is 6.04 Å². The first-order valence-corrected chi connectivity index (χ1v) is 6.46. The Morgan fingerprint density at radius 3 is 2.76 bits per heavy atom. The molecular formula is C15H21NO. The first kappa shape index (κ1) is 12.2. The zero-order valence-electron chi connectivity index (χ0n) is 10.9. The number of hydrogen-bond donors (Lipinski definition) is 0.